The summed E-state index contributed by atoms with van der Waals surface area (Å²) in [5.74, 6) is 0. The maximum atomic E-state index is 12.5. The Labute approximate surface area is 264 Å². The Balaban J connectivity index is 1.09. The zero-order valence-electron chi connectivity index (χ0n) is 25.8. The van der Waals surface area contributed by atoms with Crippen molar-refractivity contribution >= 4 is 54.5 Å². The lowest BCUT2D eigenvalue weighted by molar-refractivity contribution is -0.0394. The third kappa shape index (κ3) is 5.56. The smallest absolute Gasteiger partial charge is 0.410 e. The Morgan fingerprint density at radius 1 is 1.09 bits per heavy atom. The van der Waals surface area contributed by atoms with Gasteiger partial charge in [0.2, 0.25) is 0 Å². The van der Waals surface area contributed by atoms with Crippen molar-refractivity contribution in [3.63, 3.8) is 0 Å². The molecule has 5 aromatic rings. The minimum Gasteiger partial charge on any atom is -0.444 e. The van der Waals surface area contributed by atoms with Gasteiger partial charge in [0.15, 0.2) is 14.8 Å². The molecule has 0 bridgehead atoms. The number of pyridine rings is 1. The second-order valence-corrected chi connectivity index (χ2v) is 14.6. The molecule has 7 rings (SSSR count). The molecule has 1 unspecified atom stereocenters. The summed E-state index contributed by atoms with van der Waals surface area (Å²) in [4.78, 5) is 33.3. The number of nitrogens with zero attached hydrogens (tertiary/aromatic N) is 8. The predicted octanol–water partition coefficient (Wildman–Crippen LogP) is 6.70. The van der Waals surface area contributed by atoms with E-state index in [0.717, 1.165) is 86.2 Å². The van der Waals surface area contributed by atoms with Crippen LogP contribution in [0.3, 0.4) is 0 Å². The van der Waals surface area contributed by atoms with Crippen LogP contribution in [0.15, 0.2) is 30.9 Å². The van der Waals surface area contributed by atoms with E-state index < -0.39 is 5.60 Å². The number of carbonyl (C=O) groups is 1. The molecule has 2 aliphatic rings. The number of hydrogen-bond donors (Lipinski definition) is 0. The van der Waals surface area contributed by atoms with Crippen LogP contribution in [0.1, 0.15) is 59.1 Å². The van der Waals surface area contributed by atoms with Crippen LogP contribution in [-0.4, -0.2) is 78.7 Å². The standard InChI is InChI=1S/C31H38N8O3S2/c1-31(2,3)42-30(40)38-13-9-20(10-14-38)37(5)29-35-28-27(44-29)34-26(43-28)24-25-21(11-12-36(25)4)22(17-32-24)19-16-33-39(18-19)23-8-6-7-15-41-23/h11-12,16-18,20,23H,6-10,13-15H2,1-5H3. The first-order valence-corrected chi connectivity index (χ1v) is 16.9. The largest absolute Gasteiger partial charge is 0.444 e. The summed E-state index contributed by atoms with van der Waals surface area (Å²) < 4.78 is 15.5. The molecule has 0 spiro atoms. The Kier molecular flexibility index (Phi) is 7.58. The first-order valence-electron chi connectivity index (χ1n) is 15.2. The number of rotatable bonds is 5. The fraction of sp³-hybridized carbons (Fsp3) is 0.516. The van der Waals surface area contributed by atoms with Gasteiger partial charge < -0.3 is 23.8 Å². The highest BCUT2D eigenvalue weighted by atomic mass is 32.1. The zero-order valence-corrected chi connectivity index (χ0v) is 27.5. The number of carbonyl (C=O) groups excluding carboxylic acids is 1. The highest BCUT2D eigenvalue weighted by molar-refractivity contribution is 7.29. The van der Waals surface area contributed by atoms with E-state index in [1.54, 1.807) is 22.7 Å². The second kappa shape index (κ2) is 11.4. The number of piperidine rings is 1. The van der Waals surface area contributed by atoms with Crippen molar-refractivity contribution < 1.29 is 14.3 Å². The third-order valence-electron chi connectivity index (χ3n) is 8.41. The Hall–Kier alpha value is -3.55. The molecule has 11 nitrogen and oxygen atoms in total. The molecule has 1 atom stereocenters. The van der Waals surface area contributed by atoms with Gasteiger partial charge in [0.1, 0.15) is 22.5 Å². The molecule has 2 aliphatic heterocycles. The Bertz CT molecular complexity index is 1770. The van der Waals surface area contributed by atoms with Crippen molar-refractivity contribution in [3.05, 3.63) is 30.9 Å². The van der Waals surface area contributed by atoms with Crippen molar-refractivity contribution in [2.75, 3.05) is 31.6 Å². The molecule has 5 aromatic heterocycles. The molecule has 1 amide bonds. The number of likely N-dealkylation sites (tertiary alicyclic amines) is 1. The van der Waals surface area contributed by atoms with Crippen LogP contribution >= 0.6 is 22.7 Å². The zero-order chi connectivity index (χ0) is 30.6. The van der Waals surface area contributed by atoms with Gasteiger partial charge in [0, 0.05) is 74.9 Å². The number of thiazole rings is 2. The number of ether oxygens (including phenoxy) is 2. The van der Waals surface area contributed by atoms with E-state index in [1.165, 1.54) is 0 Å². The Morgan fingerprint density at radius 3 is 2.61 bits per heavy atom. The van der Waals surface area contributed by atoms with Crippen molar-refractivity contribution in [1.29, 1.82) is 0 Å². The van der Waals surface area contributed by atoms with Gasteiger partial charge in [-0.25, -0.2) is 19.4 Å². The lowest BCUT2D eigenvalue weighted by atomic mass is 10.0. The minimum absolute atomic E-state index is 0.000678. The van der Waals surface area contributed by atoms with E-state index >= 15 is 0 Å². The maximum Gasteiger partial charge on any atom is 0.410 e. The number of fused-ring (bicyclic) bond motifs is 2. The van der Waals surface area contributed by atoms with E-state index in [-0.39, 0.29) is 12.3 Å². The number of aromatic nitrogens is 6. The molecule has 232 valence electrons. The van der Waals surface area contributed by atoms with Crippen LogP contribution < -0.4 is 4.90 Å². The van der Waals surface area contributed by atoms with Crippen LogP contribution in [0.25, 0.3) is 42.4 Å². The second-order valence-electron chi connectivity index (χ2n) is 12.7. The van der Waals surface area contributed by atoms with Crippen molar-refractivity contribution in [2.24, 2.45) is 7.05 Å². The predicted molar refractivity (Wildman–Crippen MR) is 174 cm³/mol. The maximum absolute atomic E-state index is 12.5. The van der Waals surface area contributed by atoms with E-state index in [2.05, 4.69) is 40.1 Å². The summed E-state index contributed by atoms with van der Waals surface area (Å²) >= 11 is 3.19. The number of amides is 1. The summed E-state index contributed by atoms with van der Waals surface area (Å²) in [5.41, 5.74) is 3.49. The summed E-state index contributed by atoms with van der Waals surface area (Å²) in [6, 6.07) is 2.44. The average Bonchev–Trinajstić information content (AvgIpc) is 3.80. The fourth-order valence-corrected chi connectivity index (χ4v) is 8.13. The lowest BCUT2D eigenvalue weighted by Crippen LogP contribution is -2.47. The molecule has 44 heavy (non-hydrogen) atoms. The highest BCUT2D eigenvalue weighted by Crippen LogP contribution is 2.40. The SMILES string of the molecule is CN(c1nc2sc(-c3ncc(-c4cnn(C5CCCCO5)c4)c4ccn(C)c34)nc2s1)C1CCN(C(=O)OC(C)(C)C)CC1. The molecule has 0 saturated carbocycles. The molecule has 0 aliphatic carbocycles. The molecule has 0 aromatic carbocycles. The van der Waals surface area contributed by atoms with Crippen molar-refractivity contribution in [2.45, 2.75) is 70.7 Å². The van der Waals surface area contributed by atoms with Crippen LogP contribution in [0, 0.1) is 0 Å². The molecular weight excluding hydrogens is 597 g/mol. The van der Waals surface area contributed by atoms with Gasteiger partial charge in [0.25, 0.3) is 0 Å². The number of aryl methyl sites for hydroxylation is 1. The summed E-state index contributed by atoms with van der Waals surface area (Å²) in [6.07, 6.45) is 12.8. The minimum atomic E-state index is -0.485. The van der Waals surface area contributed by atoms with Gasteiger partial charge in [-0.05, 0) is 58.9 Å². The van der Waals surface area contributed by atoms with Gasteiger partial charge in [-0.15, -0.1) is 0 Å². The van der Waals surface area contributed by atoms with Gasteiger partial charge >= 0.3 is 6.09 Å². The van der Waals surface area contributed by atoms with Crippen LogP contribution in [0.2, 0.25) is 0 Å². The van der Waals surface area contributed by atoms with Gasteiger partial charge in [-0.3, -0.25) is 4.98 Å². The van der Waals surface area contributed by atoms with Gasteiger partial charge in [-0.1, -0.05) is 22.7 Å². The summed E-state index contributed by atoms with van der Waals surface area (Å²) in [5, 5.41) is 7.56. The molecule has 0 N–H and O–H groups in total. The van der Waals surface area contributed by atoms with Gasteiger partial charge in [-0.2, -0.15) is 5.10 Å². The van der Waals surface area contributed by atoms with Crippen molar-refractivity contribution in [1.82, 2.24) is 34.2 Å². The normalized spacial score (nSPS) is 18.4. The molecule has 2 saturated heterocycles. The van der Waals surface area contributed by atoms with Crippen LogP contribution in [0.4, 0.5) is 9.93 Å². The molecule has 13 heteroatoms. The molecule has 7 heterocycles. The lowest BCUT2D eigenvalue weighted by Gasteiger charge is -2.37. The monoisotopic (exact) mass is 634 g/mol. The quantitative estimate of drug-likeness (QED) is 0.210. The summed E-state index contributed by atoms with van der Waals surface area (Å²) in [7, 11) is 4.14. The van der Waals surface area contributed by atoms with E-state index in [0.29, 0.717) is 19.1 Å². The Morgan fingerprint density at radius 2 is 1.89 bits per heavy atom. The van der Waals surface area contributed by atoms with E-state index in [4.69, 9.17) is 24.4 Å². The van der Waals surface area contributed by atoms with Crippen molar-refractivity contribution in [3.8, 4) is 21.8 Å². The van der Waals surface area contributed by atoms with E-state index in [9.17, 15) is 4.79 Å². The molecular formula is C31H38N8O3S2. The molecule has 2 fully saturated rings. The van der Waals surface area contributed by atoms with Crippen LogP contribution in [0.5, 0.6) is 0 Å². The topological polar surface area (TPSA) is 103 Å². The molecule has 0 radical (unpaired) electrons. The van der Waals surface area contributed by atoms with E-state index in [1.807, 2.05) is 49.8 Å². The highest BCUT2D eigenvalue weighted by Gasteiger charge is 2.30. The number of anilines is 1. The first kappa shape index (κ1) is 29.2. The van der Waals surface area contributed by atoms with Crippen LogP contribution in [-0.2, 0) is 16.5 Å². The number of hydrogen-bond acceptors (Lipinski definition) is 10. The summed E-state index contributed by atoms with van der Waals surface area (Å²) in [6.45, 7) is 7.84. The fourth-order valence-electron chi connectivity index (χ4n) is 6.06. The average molecular weight is 635 g/mol. The van der Waals surface area contributed by atoms with Gasteiger partial charge in [0.05, 0.1) is 11.7 Å². The third-order valence-corrected chi connectivity index (χ3v) is 10.5. The first-order chi connectivity index (χ1) is 21.1.